The molecule has 0 radical (unpaired) electrons. The first-order valence-corrected chi connectivity index (χ1v) is 12.8. The average molecular weight is 625 g/mol. The molecular formula is C25H15BrF6N6S. The second-order valence-corrected chi connectivity index (χ2v) is 10.0. The Bertz CT molecular complexity index is 1620. The molecule has 5 rings (SSSR count). The summed E-state index contributed by atoms with van der Waals surface area (Å²) < 4.78 is 82.2. The van der Waals surface area contributed by atoms with Crippen LogP contribution in [0.5, 0.6) is 0 Å². The Morgan fingerprint density at radius 3 is 2.26 bits per heavy atom. The summed E-state index contributed by atoms with van der Waals surface area (Å²) in [6.45, 7) is 0.218. The maximum absolute atomic E-state index is 13.3. The van der Waals surface area contributed by atoms with Crippen molar-refractivity contribution in [3.05, 3.63) is 93.3 Å². The first-order valence-electron chi connectivity index (χ1n) is 11.1. The molecule has 0 amide bonds. The van der Waals surface area contributed by atoms with E-state index in [4.69, 9.17) is 0 Å². The van der Waals surface area contributed by atoms with Gasteiger partial charge in [0.2, 0.25) is 5.13 Å². The van der Waals surface area contributed by atoms with Crippen LogP contribution >= 0.6 is 27.3 Å². The third kappa shape index (κ3) is 6.11. The number of benzene rings is 3. The number of halogens is 7. The van der Waals surface area contributed by atoms with E-state index in [-0.39, 0.29) is 29.0 Å². The van der Waals surface area contributed by atoms with E-state index in [0.29, 0.717) is 23.4 Å². The number of nitrogens with one attached hydrogen (secondary N) is 1. The van der Waals surface area contributed by atoms with Gasteiger partial charge in [0.15, 0.2) is 0 Å². The smallest absolute Gasteiger partial charge is 0.252 e. The van der Waals surface area contributed by atoms with Gasteiger partial charge in [-0.2, -0.15) is 31.4 Å². The molecule has 0 fully saturated rings. The molecule has 0 spiro atoms. The lowest BCUT2D eigenvalue weighted by Gasteiger charge is -2.13. The van der Waals surface area contributed by atoms with Crippen molar-refractivity contribution in [1.82, 2.24) is 20.0 Å². The number of anilines is 1. The Kier molecular flexibility index (Phi) is 7.16. The van der Waals surface area contributed by atoms with E-state index in [9.17, 15) is 26.3 Å². The van der Waals surface area contributed by atoms with Gasteiger partial charge in [0, 0.05) is 15.4 Å². The van der Waals surface area contributed by atoms with Crippen molar-refractivity contribution in [1.29, 1.82) is 0 Å². The number of aromatic nitrogens is 4. The summed E-state index contributed by atoms with van der Waals surface area (Å²) >= 11 is 4.38. The van der Waals surface area contributed by atoms with Gasteiger partial charge in [0.1, 0.15) is 5.52 Å². The average Bonchev–Trinajstić information content (AvgIpc) is 3.53. The number of thiazole rings is 1. The van der Waals surface area contributed by atoms with Gasteiger partial charge in [-0.3, -0.25) is 5.43 Å². The molecule has 0 aliphatic rings. The SMILES string of the molecule is FC(F)(F)c1cc(-c2csc(N/N=C(/Cn3nnc4ccccc43)c3ccc(Br)cc3)n2)cc(C(F)(F)F)c1. The van der Waals surface area contributed by atoms with Crippen LogP contribution in [0.2, 0.25) is 0 Å². The molecule has 2 heterocycles. The Balaban J connectivity index is 1.47. The second-order valence-electron chi connectivity index (χ2n) is 8.25. The zero-order chi connectivity index (χ0) is 27.8. The minimum Gasteiger partial charge on any atom is -0.252 e. The number of nitrogens with zero attached hydrogens (tertiary/aromatic N) is 5. The van der Waals surface area contributed by atoms with Gasteiger partial charge in [-0.05, 0) is 48.0 Å². The van der Waals surface area contributed by atoms with Crippen LogP contribution in [0, 0.1) is 0 Å². The monoisotopic (exact) mass is 624 g/mol. The zero-order valence-electron chi connectivity index (χ0n) is 19.4. The third-order valence-electron chi connectivity index (χ3n) is 5.57. The van der Waals surface area contributed by atoms with Gasteiger partial charge >= 0.3 is 12.4 Å². The van der Waals surface area contributed by atoms with E-state index >= 15 is 0 Å². The first kappa shape index (κ1) is 26.8. The lowest BCUT2D eigenvalue weighted by molar-refractivity contribution is -0.143. The zero-order valence-corrected chi connectivity index (χ0v) is 21.8. The summed E-state index contributed by atoms with van der Waals surface area (Å²) in [6.07, 6.45) is -9.91. The van der Waals surface area contributed by atoms with Crippen molar-refractivity contribution in [2.24, 2.45) is 5.10 Å². The van der Waals surface area contributed by atoms with E-state index in [1.807, 2.05) is 48.5 Å². The number of alkyl halides is 6. The molecule has 0 aliphatic carbocycles. The molecule has 200 valence electrons. The predicted octanol–water partition coefficient (Wildman–Crippen LogP) is 7.87. The van der Waals surface area contributed by atoms with Crippen molar-refractivity contribution < 1.29 is 26.3 Å². The molecule has 1 N–H and O–H groups in total. The van der Waals surface area contributed by atoms with Gasteiger partial charge in [0.05, 0.1) is 34.6 Å². The number of hydrogen-bond donors (Lipinski definition) is 1. The van der Waals surface area contributed by atoms with Crippen LogP contribution in [0.15, 0.2) is 81.7 Å². The molecule has 14 heteroatoms. The standard InChI is InChI=1S/C25H15BrF6N6S/c26-18-7-5-14(6-8-18)20(12-38-22-4-2-1-3-19(22)35-37-38)34-36-23-33-21(13-39-23)15-9-16(24(27,28)29)11-17(10-15)25(30,31)32/h1-11,13H,12H2,(H,33,36)/b34-20-. The van der Waals surface area contributed by atoms with E-state index in [1.54, 1.807) is 4.68 Å². The summed E-state index contributed by atoms with van der Waals surface area (Å²) in [5.41, 5.74) is 2.35. The van der Waals surface area contributed by atoms with Crippen LogP contribution in [0.1, 0.15) is 16.7 Å². The van der Waals surface area contributed by atoms with Crippen molar-refractivity contribution in [3.8, 4) is 11.3 Å². The van der Waals surface area contributed by atoms with Crippen LogP contribution in [0.4, 0.5) is 31.5 Å². The summed E-state index contributed by atoms with van der Waals surface area (Å²) in [5.74, 6) is 0. The number of para-hydroxylation sites is 1. The highest BCUT2D eigenvalue weighted by Crippen LogP contribution is 2.39. The Hall–Kier alpha value is -3.78. The third-order valence-corrected chi connectivity index (χ3v) is 6.85. The summed E-state index contributed by atoms with van der Waals surface area (Å²) in [4.78, 5) is 4.18. The summed E-state index contributed by atoms with van der Waals surface area (Å²) in [5, 5.41) is 14.3. The van der Waals surface area contributed by atoms with Gasteiger partial charge in [-0.25, -0.2) is 9.67 Å². The molecule has 0 bridgehead atoms. The molecular weight excluding hydrogens is 610 g/mol. The molecule has 5 aromatic rings. The molecule has 0 unspecified atom stereocenters. The topological polar surface area (TPSA) is 68.0 Å². The maximum Gasteiger partial charge on any atom is 0.416 e. The molecule has 0 saturated heterocycles. The Morgan fingerprint density at radius 1 is 0.923 bits per heavy atom. The van der Waals surface area contributed by atoms with Gasteiger partial charge in [-0.15, -0.1) is 16.4 Å². The van der Waals surface area contributed by atoms with Crippen molar-refractivity contribution in [3.63, 3.8) is 0 Å². The fourth-order valence-electron chi connectivity index (χ4n) is 3.69. The number of rotatable bonds is 6. The first-order chi connectivity index (χ1) is 18.5. The largest absolute Gasteiger partial charge is 0.416 e. The van der Waals surface area contributed by atoms with Crippen molar-refractivity contribution >= 4 is 49.1 Å². The number of fused-ring (bicyclic) bond motifs is 1. The molecule has 0 aliphatic heterocycles. The normalized spacial score (nSPS) is 12.7. The van der Waals surface area contributed by atoms with E-state index in [1.165, 1.54) is 5.38 Å². The molecule has 3 aromatic carbocycles. The quantitative estimate of drug-likeness (QED) is 0.119. The van der Waals surface area contributed by atoms with Crippen molar-refractivity contribution in [2.45, 2.75) is 18.9 Å². The molecule has 39 heavy (non-hydrogen) atoms. The van der Waals surface area contributed by atoms with Gasteiger partial charge in [-0.1, -0.05) is 45.4 Å². The van der Waals surface area contributed by atoms with Gasteiger partial charge < -0.3 is 0 Å². The van der Waals surface area contributed by atoms with Crippen molar-refractivity contribution in [2.75, 3.05) is 5.43 Å². The lowest BCUT2D eigenvalue weighted by atomic mass is 10.0. The van der Waals surface area contributed by atoms with E-state index in [0.717, 1.165) is 26.9 Å². The van der Waals surface area contributed by atoms with Gasteiger partial charge in [0.25, 0.3) is 0 Å². The highest BCUT2D eigenvalue weighted by atomic mass is 79.9. The number of hydrogen-bond acceptors (Lipinski definition) is 6. The Labute approximate surface area is 229 Å². The van der Waals surface area contributed by atoms with E-state index < -0.39 is 23.5 Å². The van der Waals surface area contributed by atoms with Crippen LogP contribution in [0.3, 0.4) is 0 Å². The molecule has 2 aromatic heterocycles. The maximum atomic E-state index is 13.3. The van der Waals surface area contributed by atoms with Crippen LogP contribution in [0.25, 0.3) is 22.3 Å². The highest BCUT2D eigenvalue weighted by Gasteiger charge is 2.37. The molecule has 6 nitrogen and oxygen atoms in total. The fraction of sp³-hybridized carbons (Fsp3) is 0.120. The summed E-state index contributed by atoms with van der Waals surface area (Å²) in [6, 6.07) is 16.1. The molecule has 0 atom stereocenters. The second kappa shape index (κ2) is 10.4. The van der Waals surface area contributed by atoms with E-state index in [2.05, 4.69) is 41.8 Å². The van der Waals surface area contributed by atoms with Crippen LogP contribution < -0.4 is 5.43 Å². The van der Waals surface area contributed by atoms with Crippen LogP contribution in [-0.2, 0) is 18.9 Å². The minimum atomic E-state index is -4.96. The minimum absolute atomic E-state index is 0.0539. The number of hydrazone groups is 1. The lowest BCUT2D eigenvalue weighted by Crippen LogP contribution is -2.15. The molecule has 0 saturated carbocycles. The predicted molar refractivity (Wildman–Crippen MR) is 139 cm³/mol. The Morgan fingerprint density at radius 2 is 1.59 bits per heavy atom. The fourth-order valence-corrected chi connectivity index (χ4v) is 4.61. The van der Waals surface area contributed by atoms with Crippen LogP contribution in [-0.4, -0.2) is 25.7 Å². The summed E-state index contributed by atoms with van der Waals surface area (Å²) in [7, 11) is 0. The highest BCUT2D eigenvalue weighted by molar-refractivity contribution is 9.10.